The molecule has 0 aliphatic carbocycles. The predicted octanol–water partition coefficient (Wildman–Crippen LogP) is 4.23. The highest BCUT2D eigenvalue weighted by atomic mass is 16.7. The van der Waals surface area contributed by atoms with Crippen molar-refractivity contribution in [2.24, 2.45) is 4.99 Å². The summed E-state index contributed by atoms with van der Waals surface area (Å²) >= 11 is 0. The van der Waals surface area contributed by atoms with E-state index in [4.69, 9.17) is 14.5 Å². The molecule has 0 spiro atoms. The van der Waals surface area contributed by atoms with Gasteiger partial charge in [-0.2, -0.15) is 0 Å². The summed E-state index contributed by atoms with van der Waals surface area (Å²) in [5.41, 5.74) is 4.35. The monoisotopic (exact) mass is 451 g/mol. The van der Waals surface area contributed by atoms with E-state index in [1.807, 2.05) is 66.1 Å². The molecule has 1 unspecified atom stereocenters. The van der Waals surface area contributed by atoms with Crippen molar-refractivity contribution in [2.75, 3.05) is 12.1 Å². The van der Waals surface area contributed by atoms with Crippen molar-refractivity contribution < 1.29 is 14.3 Å². The second-order valence-corrected chi connectivity index (χ2v) is 8.14. The van der Waals surface area contributed by atoms with Crippen molar-refractivity contribution in [3.8, 4) is 17.2 Å². The van der Waals surface area contributed by atoms with Gasteiger partial charge in [0.2, 0.25) is 12.7 Å². The van der Waals surface area contributed by atoms with Crippen molar-refractivity contribution in [2.45, 2.75) is 19.4 Å². The number of aliphatic imine (C=N–C) groups is 1. The predicted molar refractivity (Wildman–Crippen MR) is 127 cm³/mol. The number of aromatic nitrogens is 3. The molecule has 168 valence electrons. The summed E-state index contributed by atoms with van der Waals surface area (Å²) in [4.78, 5) is 18.2. The zero-order valence-electron chi connectivity index (χ0n) is 18.4. The highest BCUT2D eigenvalue weighted by Gasteiger charge is 2.29. The first kappa shape index (κ1) is 20.2. The fraction of sp³-hybridized carbons (Fsp3) is 0.154. The maximum Gasteiger partial charge on any atom is 0.231 e. The summed E-state index contributed by atoms with van der Waals surface area (Å²) in [5, 5.41) is 11.7. The third kappa shape index (κ3) is 3.49. The van der Waals surface area contributed by atoms with Gasteiger partial charge in [0, 0.05) is 22.9 Å². The normalized spacial score (nSPS) is 15.7. The number of fused-ring (bicyclic) bond motifs is 4. The summed E-state index contributed by atoms with van der Waals surface area (Å²) in [5.74, 6) is 2.48. The Balaban J connectivity index is 1.39. The Morgan fingerprint density at radius 3 is 2.68 bits per heavy atom. The van der Waals surface area contributed by atoms with Crippen LogP contribution in [-0.2, 0) is 4.79 Å². The van der Waals surface area contributed by atoms with Gasteiger partial charge >= 0.3 is 0 Å². The van der Waals surface area contributed by atoms with Gasteiger partial charge in [0.25, 0.3) is 0 Å². The highest BCUT2D eigenvalue weighted by Crippen LogP contribution is 2.35. The second kappa shape index (κ2) is 8.15. The largest absolute Gasteiger partial charge is 0.454 e. The maximum atomic E-state index is 13.1. The standard InChI is InChI=1S/C26H21N5O3/c1-16-29-30-26-20(14-24(32)27-18-11-12-22-23(13-18)34-15-33-22)28-25(17-7-3-2-4-8-17)19-9-5-6-10-21(19)31(16)26/h2-13,20H,14-15H2,1H3,(H,27,32). The Bertz CT molecular complexity index is 1430. The van der Waals surface area contributed by atoms with E-state index in [0.717, 1.165) is 28.4 Å². The summed E-state index contributed by atoms with van der Waals surface area (Å²) in [6, 6.07) is 22.9. The number of nitrogens with one attached hydrogen (secondary N) is 1. The number of rotatable bonds is 4. The minimum absolute atomic E-state index is 0.108. The Kier molecular flexibility index (Phi) is 4.83. The second-order valence-electron chi connectivity index (χ2n) is 8.14. The molecule has 34 heavy (non-hydrogen) atoms. The Hall–Kier alpha value is -4.46. The van der Waals surface area contributed by atoms with Crippen LogP contribution in [0, 0.1) is 6.92 Å². The Labute approximate surface area is 195 Å². The lowest BCUT2D eigenvalue weighted by molar-refractivity contribution is -0.116. The molecule has 1 amide bonds. The first-order valence-corrected chi connectivity index (χ1v) is 11.0. The van der Waals surface area contributed by atoms with Gasteiger partial charge in [-0.1, -0.05) is 48.5 Å². The molecule has 1 aromatic heterocycles. The molecule has 1 N–H and O–H groups in total. The van der Waals surface area contributed by atoms with Crippen LogP contribution < -0.4 is 14.8 Å². The Morgan fingerprint density at radius 2 is 1.79 bits per heavy atom. The van der Waals surface area contributed by atoms with Crippen LogP contribution in [0.2, 0.25) is 0 Å². The van der Waals surface area contributed by atoms with Gasteiger partial charge in [-0.3, -0.25) is 14.4 Å². The van der Waals surface area contributed by atoms with E-state index >= 15 is 0 Å². The number of ether oxygens (including phenoxy) is 2. The number of nitrogens with zero attached hydrogens (tertiary/aromatic N) is 4. The Morgan fingerprint density at radius 1 is 1.00 bits per heavy atom. The number of hydrogen-bond donors (Lipinski definition) is 1. The zero-order chi connectivity index (χ0) is 23.1. The number of benzene rings is 3. The zero-order valence-corrected chi connectivity index (χ0v) is 18.4. The smallest absolute Gasteiger partial charge is 0.231 e. The van der Waals surface area contributed by atoms with Crippen LogP contribution in [0.5, 0.6) is 11.5 Å². The molecule has 3 heterocycles. The number of anilines is 1. The van der Waals surface area contributed by atoms with E-state index in [9.17, 15) is 4.79 Å². The van der Waals surface area contributed by atoms with E-state index in [1.54, 1.807) is 18.2 Å². The first-order chi connectivity index (χ1) is 16.7. The third-order valence-corrected chi connectivity index (χ3v) is 5.92. The lowest BCUT2D eigenvalue weighted by Crippen LogP contribution is -2.17. The summed E-state index contributed by atoms with van der Waals surface area (Å²) in [6.45, 7) is 2.09. The fourth-order valence-electron chi connectivity index (χ4n) is 4.37. The van der Waals surface area contributed by atoms with Gasteiger partial charge in [-0.15, -0.1) is 10.2 Å². The molecule has 0 radical (unpaired) electrons. The van der Waals surface area contributed by atoms with E-state index in [-0.39, 0.29) is 19.1 Å². The molecule has 8 nitrogen and oxygen atoms in total. The topological polar surface area (TPSA) is 90.6 Å². The average Bonchev–Trinajstić information content (AvgIpc) is 3.45. The average molecular weight is 451 g/mol. The van der Waals surface area contributed by atoms with Crippen molar-refractivity contribution in [1.29, 1.82) is 0 Å². The van der Waals surface area contributed by atoms with E-state index in [2.05, 4.69) is 15.5 Å². The lowest BCUT2D eigenvalue weighted by atomic mass is 10.0. The number of hydrogen-bond acceptors (Lipinski definition) is 6. The van der Waals surface area contributed by atoms with E-state index in [0.29, 0.717) is 23.0 Å². The quantitative estimate of drug-likeness (QED) is 0.502. The van der Waals surface area contributed by atoms with Crippen molar-refractivity contribution in [3.63, 3.8) is 0 Å². The molecular weight excluding hydrogens is 430 g/mol. The van der Waals surface area contributed by atoms with Crippen LogP contribution in [0.25, 0.3) is 5.69 Å². The molecule has 8 heteroatoms. The molecule has 4 aromatic rings. The molecular formula is C26H21N5O3. The molecule has 6 rings (SSSR count). The minimum Gasteiger partial charge on any atom is -0.454 e. The van der Waals surface area contributed by atoms with Crippen LogP contribution in [0.3, 0.4) is 0 Å². The molecule has 2 aliphatic rings. The molecule has 0 saturated heterocycles. The van der Waals surface area contributed by atoms with Crippen LogP contribution in [-0.4, -0.2) is 33.2 Å². The van der Waals surface area contributed by atoms with Gasteiger partial charge < -0.3 is 14.8 Å². The molecule has 0 fully saturated rings. The van der Waals surface area contributed by atoms with Crippen LogP contribution in [0.15, 0.2) is 77.8 Å². The van der Waals surface area contributed by atoms with Gasteiger partial charge in [0.05, 0.1) is 17.8 Å². The van der Waals surface area contributed by atoms with E-state index < -0.39 is 6.04 Å². The third-order valence-electron chi connectivity index (χ3n) is 5.92. The summed E-state index contributed by atoms with van der Waals surface area (Å²) in [7, 11) is 0. The highest BCUT2D eigenvalue weighted by molar-refractivity contribution is 6.15. The van der Waals surface area contributed by atoms with Crippen LogP contribution >= 0.6 is 0 Å². The van der Waals surface area contributed by atoms with Crippen molar-refractivity contribution >= 4 is 17.3 Å². The molecule has 2 aliphatic heterocycles. The molecule has 1 atom stereocenters. The fourth-order valence-corrected chi connectivity index (χ4v) is 4.37. The number of carbonyl (C=O) groups is 1. The number of para-hydroxylation sites is 1. The van der Waals surface area contributed by atoms with Crippen LogP contribution in [0.4, 0.5) is 5.69 Å². The van der Waals surface area contributed by atoms with Gasteiger partial charge in [0.1, 0.15) is 11.9 Å². The van der Waals surface area contributed by atoms with Gasteiger partial charge in [-0.25, -0.2) is 0 Å². The summed E-state index contributed by atoms with van der Waals surface area (Å²) < 4.78 is 12.8. The van der Waals surface area contributed by atoms with Gasteiger partial charge in [0.15, 0.2) is 17.3 Å². The van der Waals surface area contributed by atoms with E-state index in [1.165, 1.54) is 0 Å². The number of amides is 1. The number of carbonyl (C=O) groups excluding carboxylic acids is 1. The van der Waals surface area contributed by atoms with Crippen molar-refractivity contribution in [3.05, 3.63) is 95.6 Å². The molecule has 0 saturated carbocycles. The summed E-state index contributed by atoms with van der Waals surface area (Å²) in [6.07, 6.45) is 0.108. The van der Waals surface area contributed by atoms with Gasteiger partial charge in [-0.05, 0) is 25.1 Å². The SMILES string of the molecule is Cc1nnc2n1-c1ccccc1C(c1ccccc1)=NC2CC(=O)Nc1ccc2c(c1)OCO2. The molecule has 0 bridgehead atoms. The maximum absolute atomic E-state index is 13.1. The molecule has 3 aromatic carbocycles. The number of aryl methyl sites for hydroxylation is 1. The van der Waals surface area contributed by atoms with Crippen molar-refractivity contribution in [1.82, 2.24) is 14.8 Å². The lowest BCUT2D eigenvalue weighted by Gasteiger charge is -2.13. The first-order valence-electron chi connectivity index (χ1n) is 11.0. The minimum atomic E-state index is -0.516. The van der Waals surface area contributed by atoms with Crippen LogP contribution in [0.1, 0.15) is 35.2 Å².